The van der Waals surface area contributed by atoms with E-state index in [0.717, 1.165) is 26.9 Å². The topological polar surface area (TPSA) is 74.9 Å². The van der Waals surface area contributed by atoms with E-state index in [-0.39, 0.29) is 5.75 Å². The summed E-state index contributed by atoms with van der Waals surface area (Å²) >= 11 is 3.39. The first kappa shape index (κ1) is 11.1. The third-order valence-electron chi connectivity index (χ3n) is 2.74. The predicted molar refractivity (Wildman–Crippen MR) is 75.3 cm³/mol. The van der Waals surface area contributed by atoms with Gasteiger partial charge in [-0.1, -0.05) is 0 Å². The Kier molecular flexibility index (Phi) is 2.48. The lowest BCUT2D eigenvalue weighted by molar-refractivity contribution is 0.476. The minimum atomic E-state index is 0.219. The summed E-state index contributed by atoms with van der Waals surface area (Å²) in [5, 5.41) is 9.42. The van der Waals surface area contributed by atoms with Gasteiger partial charge in [-0.3, -0.25) is 0 Å². The van der Waals surface area contributed by atoms with E-state index in [4.69, 9.17) is 5.73 Å². The Morgan fingerprint density at radius 3 is 2.78 bits per heavy atom. The van der Waals surface area contributed by atoms with Crippen LogP contribution in [0.25, 0.3) is 22.4 Å². The highest BCUT2D eigenvalue weighted by atomic mass is 79.9. The van der Waals surface area contributed by atoms with Gasteiger partial charge >= 0.3 is 0 Å². The largest absolute Gasteiger partial charge is 0.508 e. The number of nitrogens with one attached hydrogen (secondary N) is 1. The number of anilines is 1. The van der Waals surface area contributed by atoms with Gasteiger partial charge < -0.3 is 15.8 Å². The second kappa shape index (κ2) is 4.03. The van der Waals surface area contributed by atoms with E-state index >= 15 is 0 Å². The van der Waals surface area contributed by atoms with E-state index in [2.05, 4.69) is 25.9 Å². The zero-order valence-electron chi connectivity index (χ0n) is 9.31. The highest BCUT2D eigenvalue weighted by Gasteiger charge is 2.07. The third-order valence-corrected chi connectivity index (χ3v) is 3.43. The van der Waals surface area contributed by atoms with Crippen LogP contribution in [0.2, 0.25) is 0 Å². The van der Waals surface area contributed by atoms with Crippen molar-refractivity contribution >= 4 is 32.7 Å². The van der Waals surface area contributed by atoms with Crippen LogP contribution >= 0.6 is 15.9 Å². The predicted octanol–water partition coefficient (Wildman–Crippen LogP) is 3.28. The Balaban J connectivity index is 2.16. The highest BCUT2D eigenvalue weighted by molar-refractivity contribution is 9.10. The molecule has 0 unspecified atom stereocenters. The van der Waals surface area contributed by atoms with Crippen LogP contribution in [0.3, 0.4) is 0 Å². The molecule has 0 amide bonds. The molecule has 3 aromatic rings. The average molecular weight is 304 g/mol. The number of rotatable bonds is 1. The van der Waals surface area contributed by atoms with Gasteiger partial charge in [0.15, 0.2) is 0 Å². The summed E-state index contributed by atoms with van der Waals surface area (Å²) in [5.41, 5.74) is 8.99. The molecule has 0 bridgehead atoms. The molecule has 0 spiro atoms. The van der Waals surface area contributed by atoms with Gasteiger partial charge in [-0.2, -0.15) is 0 Å². The van der Waals surface area contributed by atoms with Gasteiger partial charge in [-0.05, 0) is 46.3 Å². The molecule has 4 nitrogen and oxygen atoms in total. The van der Waals surface area contributed by atoms with Gasteiger partial charge in [-0.15, -0.1) is 0 Å². The van der Waals surface area contributed by atoms with Crippen molar-refractivity contribution in [3.05, 3.63) is 40.9 Å². The number of phenolic OH excluding ortho intramolecular Hbond substituents is 1. The first-order valence-electron chi connectivity index (χ1n) is 5.37. The number of phenols is 1. The molecule has 3 rings (SSSR count). The molecular weight excluding hydrogens is 294 g/mol. The van der Waals surface area contributed by atoms with Crippen molar-refractivity contribution in [3.63, 3.8) is 0 Å². The van der Waals surface area contributed by atoms with E-state index in [1.807, 2.05) is 18.2 Å². The van der Waals surface area contributed by atoms with Gasteiger partial charge in [0.25, 0.3) is 0 Å². The monoisotopic (exact) mass is 303 g/mol. The first-order valence-corrected chi connectivity index (χ1v) is 6.17. The number of halogens is 1. The summed E-state index contributed by atoms with van der Waals surface area (Å²) in [6.07, 6.45) is 0. The van der Waals surface area contributed by atoms with E-state index in [0.29, 0.717) is 5.69 Å². The Hall–Kier alpha value is -2.01. The second-order valence-corrected chi connectivity index (χ2v) is 4.88. The number of nitrogens with zero attached hydrogens (tertiary/aromatic N) is 1. The molecule has 0 aliphatic rings. The minimum Gasteiger partial charge on any atom is -0.508 e. The maximum Gasteiger partial charge on any atom is 0.138 e. The number of aromatic amines is 1. The van der Waals surface area contributed by atoms with Gasteiger partial charge in [0, 0.05) is 21.8 Å². The fraction of sp³-hybridized carbons (Fsp3) is 0. The minimum absolute atomic E-state index is 0.219. The Bertz CT molecular complexity index is 736. The molecule has 0 aliphatic carbocycles. The SMILES string of the molecule is Nc1ccc(-c2nc3ccc(O)cc3[nH]2)cc1Br. The van der Waals surface area contributed by atoms with Crippen molar-refractivity contribution in [2.24, 2.45) is 0 Å². The maximum absolute atomic E-state index is 9.42. The zero-order valence-corrected chi connectivity index (χ0v) is 10.9. The molecule has 1 aromatic heterocycles. The Morgan fingerprint density at radius 2 is 2.00 bits per heavy atom. The van der Waals surface area contributed by atoms with Gasteiger partial charge in [-0.25, -0.2) is 4.98 Å². The smallest absolute Gasteiger partial charge is 0.138 e. The maximum atomic E-state index is 9.42. The fourth-order valence-electron chi connectivity index (χ4n) is 1.81. The average Bonchev–Trinajstić information content (AvgIpc) is 2.75. The lowest BCUT2D eigenvalue weighted by atomic mass is 10.2. The molecule has 18 heavy (non-hydrogen) atoms. The number of aromatic nitrogens is 2. The molecule has 5 heteroatoms. The van der Waals surface area contributed by atoms with Crippen LogP contribution in [0, 0.1) is 0 Å². The van der Waals surface area contributed by atoms with Gasteiger partial charge in [0.2, 0.25) is 0 Å². The molecule has 0 saturated heterocycles. The lowest BCUT2D eigenvalue weighted by Gasteiger charge is -2.00. The van der Waals surface area contributed by atoms with Crippen molar-refractivity contribution in [1.82, 2.24) is 9.97 Å². The molecule has 0 fully saturated rings. The standard InChI is InChI=1S/C13H10BrN3O/c14-9-5-7(1-3-10(9)15)13-16-11-4-2-8(18)6-12(11)17-13/h1-6,18H,15H2,(H,16,17). The normalized spacial score (nSPS) is 10.9. The summed E-state index contributed by atoms with van der Waals surface area (Å²) in [6.45, 7) is 0. The molecule has 0 saturated carbocycles. The number of nitrogen functional groups attached to an aromatic ring is 1. The summed E-state index contributed by atoms with van der Waals surface area (Å²) in [4.78, 5) is 7.63. The van der Waals surface area contributed by atoms with E-state index in [1.165, 1.54) is 0 Å². The van der Waals surface area contributed by atoms with Crippen molar-refractivity contribution in [2.45, 2.75) is 0 Å². The number of fused-ring (bicyclic) bond motifs is 1. The highest BCUT2D eigenvalue weighted by Crippen LogP contribution is 2.27. The molecule has 0 aliphatic heterocycles. The van der Waals surface area contributed by atoms with E-state index < -0.39 is 0 Å². The van der Waals surface area contributed by atoms with Gasteiger partial charge in [0.05, 0.1) is 11.0 Å². The molecular formula is C13H10BrN3O. The fourth-order valence-corrected chi connectivity index (χ4v) is 2.19. The molecule has 0 radical (unpaired) electrons. The van der Waals surface area contributed by atoms with E-state index in [9.17, 15) is 5.11 Å². The van der Waals surface area contributed by atoms with Crippen LogP contribution in [0.1, 0.15) is 0 Å². The number of aromatic hydroxyl groups is 1. The summed E-state index contributed by atoms with van der Waals surface area (Å²) < 4.78 is 0.836. The summed E-state index contributed by atoms with van der Waals surface area (Å²) in [5.74, 6) is 0.965. The number of hydrogen-bond donors (Lipinski definition) is 3. The number of imidazole rings is 1. The van der Waals surface area contributed by atoms with E-state index in [1.54, 1.807) is 18.2 Å². The van der Waals surface area contributed by atoms with Crippen LogP contribution in [0.15, 0.2) is 40.9 Å². The molecule has 4 N–H and O–H groups in total. The van der Waals surface area contributed by atoms with Crippen LogP contribution in [-0.2, 0) is 0 Å². The second-order valence-electron chi connectivity index (χ2n) is 4.02. The summed E-state index contributed by atoms with van der Waals surface area (Å²) in [6, 6.07) is 10.7. The third kappa shape index (κ3) is 1.82. The molecule has 90 valence electrons. The Labute approximate surface area is 112 Å². The number of H-pyrrole nitrogens is 1. The van der Waals surface area contributed by atoms with Gasteiger partial charge in [0.1, 0.15) is 11.6 Å². The molecule has 2 aromatic carbocycles. The number of hydrogen-bond acceptors (Lipinski definition) is 3. The van der Waals surface area contributed by atoms with Crippen molar-refractivity contribution in [3.8, 4) is 17.1 Å². The lowest BCUT2D eigenvalue weighted by Crippen LogP contribution is -1.87. The summed E-state index contributed by atoms with van der Waals surface area (Å²) in [7, 11) is 0. The molecule has 1 heterocycles. The molecule has 0 atom stereocenters. The number of benzene rings is 2. The van der Waals surface area contributed by atoms with Crippen molar-refractivity contribution in [1.29, 1.82) is 0 Å². The van der Waals surface area contributed by atoms with Crippen LogP contribution in [0.4, 0.5) is 5.69 Å². The number of nitrogens with two attached hydrogens (primary N) is 1. The van der Waals surface area contributed by atoms with Crippen molar-refractivity contribution in [2.75, 3.05) is 5.73 Å². The quantitative estimate of drug-likeness (QED) is 0.604. The van der Waals surface area contributed by atoms with Crippen LogP contribution < -0.4 is 5.73 Å². The van der Waals surface area contributed by atoms with Crippen LogP contribution in [-0.4, -0.2) is 15.1 Å². The van der Waals surface area contributed by atoms with Crippen molar-refractivity contribution < 1.29 is 5.11 Å². The van der Waals surface area contributed by atoms with Crippen LogP contribution in [0.5, 0.6) is 5.75 Å². The zero-order chi connectivity index (χ0) is 12.7. The Morgan fingerprint density at radius 1 is 1.17 bits per heavy atom. The first-order chi connectivity index (χ1) is 8.63.